The van der Waals surface area contributed by atoms with E-state index in [0.717, 1.165) is 114 Å². The van der Waals surface area contributed by atoms with E-state index in [9.17, 15) is 43.2 Å². The van der Waals surface area contributed by atoms with E-state index in [1.165, 1.54) is 167 Å². The topological polar surface area (TPSA) is 237 Å². The monoisotopic (exact) mass is 1370 g/mol. The van der Waals surface area contributed by atoms with Crippen LogP contribution >= 0.6 is 15.6 Å². The number of rotatable bonds is 71. The van der Waals surface area contributed by atoms with Crippen molar-refractivity contribution in [1.29, 1.82) is 0 Å². The van der Waals surface area contributed by atoms with Crippen molar-refractivity contribution in [1.82, 2.24) is 0 Å². The summed E-state index contributed by atoms with van der Waals surface area (Å²) in [4.78, 5) is 72.7. The molecule has 5 unspecified atom stereocenters. The predicted octanol–water partition coefficient (Wildman–Crippen LogP) is 21.3. The minimum atomic E-state index is -4.96. The number of hydrogen-bond donors (Lipinski definition) is 3. The Labute approximate surface area is 568 Å². The minimum absolute atomic E-state index is 0.105. The Balaban J connectivity index is 5.24. The summed E-state index contributed by atoms with van der Waals surface area (Å²) >= 11 is 0. The lowest BCUT2D eigenvalue weighted by Gasteiger charge is -2.21. The Hall–Kier alpha value is -1.94. The Morgan fingerprint density at radius 1 is 0.301 bits per heavy atom. The Bertz CT molecular complexity index is 1840. The van der Waals surface area contributed by atoms with Gasteiger partial charge >= 0.3 is 39.5 Å². The molecule has 0 rings (SSSR count). The van der Waals surface area contributed by atoms with Crippen molar-refractivity contribution in [3.05, 3.63) is 0 Å². The molecule has 0 heterocycles. The lowest BCUT2D eigenvalue weighted by molar-refractivity contribution is -0.161. The fraction of sp³-hybridized carbons (Fsp3) is 0.946. The van der Waals surface area contributed by atoms with Crippen LogP contribution in [0.4, 0.5) is 0 Å². The molecule has 0 saturated carbocycles. The van der Waals surface area contributed by atoms with Crippen molar-refractivity contribution in [2.75, 3.05) is 39.6 Å². The van der Waals surface area contributed by atoms with Crippen molar-refractivity contribution in [3.8, 4) is 0 Å². The lowest BCUT2D eigenvalue weighted by Crippen LogP contribution is -2.30. The number of phosphoric ester groups is 2. The van der Waals surface area contributed by atoms with Gasteiger partial charge in [0.05, 0.1) is 26.4 Å². The quantitative estimate of drug-likeness (QED) is 0.0222. The largest absolute Gasteiger partial charge is 0.472 e. The molecule has 0 aromatic rings. The zero-order valence-electron chi connectivity index (χ0n) is 60.9. The number of aliphatic hydroxyl groups excluding tert-OH is 1. The molecule has 0 bridgehead atoms. The van der Waals surface area contributed by atoms with E-state index in [0.29, 0.717) is 31.6 Å². The van der Waals surface area contributed by atoms with Crippen LogP contribution in [0.2, 0.25) is 0 Å². The molecule has 0 amide bonds. The maximum absolute atomic E-state index is 13.1. The molecule has 0 aliphatic heterocycles. The molecule has 0 saturated heterocycles. The summed E-state index contributed by atoms with van der Waals surface area (Å²) in [5.41, 5.74) is 0. The normalized spacial score (nSPS) is 14.8. The minimum Gasteiger partial charge on any atom is -0.462 e. The van der Waals surface area contributed by atoms with Gasteiger partial charge in [-0.1, -0.05) is 319 Å². The highest BCUT2D eigenvalue weighted by atomic mass is 31.2. The summed E-state index contributed by atoms with van der Waals surface area (Å²) in [6.45, 7) is 14.2. The van der Waals surface area contributed by atoms with E-state index in [4.69, 9.17) is 37.0 Å². The summed E-state index contributed by atoms with van der Waals surface area (Å²) in [6, 6.07) is 0. The summed E-state index contributed by atoms with van der Waals surface area (Å²) < 4.78 is 68.4. The van der Waals surface area contributed by atoms with E-state index >= 15 is 0 Å². The van der Waals surface area contributed by atoms with Crippen molar-refractivity contribution in [2.45, 2.75) is 388 Å². The van der Waals surface area contributed by atoms with Crippen LogP contribution in [-0.4, -0.2) is 96.7 Å². The fourth-order valence-electron chi connectivity index (χ4n) is 11.1. The van der Waals surface area contributed by atoms with Crippen LogP contribution in [0.1, 0.15) is 370 Å². The van der Waals surface area contributed by atoms with E-state index in [1.54, 1.807) is 0 Å². The number of phosphoric acid groups is 2. The highest BCUT2D eigenvalue weighted by molar-refractivity contribution is 7.47. The summed E-state index contributed by atoms with van der Waals surface area (Å²) in [7, 11) is -9.91. The van der Waals surface area contributed by atoms with Crippen LogP contribution < -0.4 is 0 Å². The Morgan fingerprint density at radius 2 is 0.516 bits per heavy atom. The third-order valence-electron chi connectivity index (χ3n) is 17.8. The van der Waals surface area contributed by atoms with Gasteiger partial charge in [-0.2, -0.15) is 0 Å². The second-order valence-corrected chi connectivity index (χ2v) is 31.0. The number of carbonyl (C=O) groups is 4. The first-order chi connectivity index (χ1) is 44.7. The standard InChI is InChI=1S/C74H144O17P2/c1-9-66(7)52-44-36-28-19-15-13-11-12-14-16-21-31-40-48-56-73(78)90-69(60-84-71(76)54-46-38-30-24-23-26-34-42-50-64(3)4)62-88-92(80,81)86-58-68(75)59-87-93(82,83)89-63-70(61-85-72(77)55-47-39-33-25-27-35-43-51-65(5)6)91-74(79)57-49-41-32-22-18-17-20-29-37-45-53-67(8)10-2/h64-70,75H,9-63H2,1-8H3,(H,80,81)(H,82,83)/t66?,67?,68?,69-,70-/m1/s1. The van der Waals surface area contributed by atoms with Gasteiger partial charge in [0.25, 0.3) is 0 Å². The van der Waals surface area contributed by atoms with Gasteiger partial charge in [0, 0.05) is 25.7 Å². The van der Waals surface area contributed by atoms with Crippen LogP contribution in [0.5, 0.6) is 0 Å². The first-order valence-electron chi connectivity index (χ1n) is 38.3. The van der Waals surface area contributed by atoms with E-state index in [1.807, 2.05) is 0 Å². The van der Waals surface area contributed by atoms with Crippen molar-refractivity contribution >= 4 is 39.5 Å². The zero-order valence-corrected chi connectivity index (χ0v) is 62.7. The van der Waals surface area contributed by atoms with E-state index in [-0.39, 0.29) is 25.7 Å². The molecule has 93 heavy (non-hydrogen) atoms. The molecule has 0 aromatic carbocycles. The first-order valence-corrected chi connectivity index (χ1v) is 41.3. The fourth-order valence-corrected chi connectivity index (χ4v) is 12.7. The van der Waals surface area contributed by atoms with E-state index in [2.05, 4.69) is 55.4 Å². The molecule has 552 valence electrons. The summed E-state index contributed by atoms with van der Waals surface area (Å²) in [5, 5.41) is 10.6. The molecule has 0 aromatic heterocycles. The molecule has 0 aliphatic rings. The molecule has 0 aliphatic carbocycles. The van der Waals surface area contributed by atoms with E-state index < -0.39 is 97.5 Å². The predicted molar refractivity (Wildman–Crippen MR) is 377 cm³/mol. The molecule has 0 fully saturated rings. The highest BCUT2D eigenvalue weighted by Crippen LogP contribution is 2.45. The third-order valence-corrected chi connectivity index (χ3v) is 19.7. The number of unbranched alkanes of at least 4 members (excludes halogenated alkanes) is 35. The molecule has 0 spiro atoms. The maximum Gasteiger partial charge on any atom is 0.472 e. The van der Waals surface area contributed by atoms with Crippen molar-refractivity contribution in [3.63, 3.8) is 0 Å². The second-order valence-electron chi connectivity index (χ2n) is 28.1. The van der Waals surface area contributed by atoms with Gasteiger partial charge in [0.2, 0.25) is 0 Å². The van der Waals surface area contributed by atoms with Gasteiger partial charge in [0.1, 0.15) is 19.3 Å². The molecule has 17 nitrogen and oxygen atoms in total. The van der Waals surface area contributed by atoms with Gasteiger partial charge < -0.3 is 33.8 Å². The molecular formula is C74H144O17P2. The number of esters is 4. The van der Waals surface area contributed by atoms with Gasteiger partial charge in [-0.25, -0.2) is 9.13 Å². The molecule has 0 radical (unpaired) electrons. The van der Waals surface area contributed by atoms with Crippen LogP contribution in [0, 0.1) is 23.7 Å². The Kier molecular flexibility index (Phi) is 62.2. The molecule has 3 N–H and O–H groups in total. The number of carbonyl (C=O) groups excluding carboxylic acids is 4. The summed E-state index contributed by atoms with van der Waals surface area (Å²) in [5.74, 6) is 0.955. The smallest absolute Gasteiger partial charge is 0.462 e. The number of ether oxygens (including phenoxy) is 4. The van der Waals surface area contributed by atoms with Gasteiger partial charge in [-0.3, -0.25) is 37.3 Å². The van der Waals surface area contributed by atoms with Gasteiger partial charge in [-0.15, -0.1) is 0 Å². The van der Waals surface area contributed by atoms with Crippen LogP contribution in [-0.2, 0) is 65.4 Å². The highest BCUT2D eigenvalue weighted by Gasteiger charge is 2.30. The average Bonchev–Trinajstić information content (AvgIpc) is 3.21. The van der Waals surface area contributed by atoms with Crippen molar-refractivity contribution < 1.29 is 80.2 Å². The van der Waals surface area contributed by atoms with Crippen LogP contribution in [0.15, 0.2) is 0 Å². The second kappa shape index (κ2) is 63.5. The number of aliphatic hydroxyl groups is 1. The first kappa shape index (κ1) is 91.1. The number of hydrogen-bond acceptors (Lipinski definition) is 15. The Morgan fingerprint density at radius 3 is 0.763 bits per heavy atom. The average molecular weight is 1370 g/mol. The lowest BCUT2D eigenvalue weighted by atomic mass is 9.99. The van der Waals surface area contributed by atoms with Gasteiger partial charge in [0.15, 0.2) is 12.2 Å². The SMILES string of the molecule is CCC(C)CCCCCCCCCCCCCCCCC(=O)O[C@H](COC(=O)CCCCCCCCCCC(C)C)COP(=O)(O)OCC(O)COP(=O)(O)OC[C@@H](COC(=O)CCCCCCCCCC(C)C)OC(=O)CCCCCCCCCCCCC(C)CC. The molecular weight excluding hydrogens is 1220 g/mol. The maximum atomic E-state index is 13.1. The zero-order chi connectivity index (χ0) is 68.9. The summed E-state index contributed by atoms with van der Waals surface area (Å²) in [6.07, 6.45) is 47.2. The third kappa shape index (κ3) is 65.8. The van der Waals surface area contributed by atoms with Crippen LogP contribution in [0.3, 0.4) is 0 Å². The molecule has 7 atom stereocenters. The van der Waals surface area contributed by atoms with Crippen molar-refractivity contribution in [2.24, 2.45) is 23.7 Å². The van der Waals surface area contributed by atoms with Crippen LogP contribution in [0.25, 0.3) is 0 Å². The van der Waals surface area contributed by atoms with Gasteiger partial charge in [-0.05, 0) is 49.4 Å². The molecule has 19 heteroatoms.